The first-order valence-electron chi connectivity index (χ1n) is 5.22. The molecule has 1 unspecified atom stereocenters. The molecule has 14 heavy (non-hydrogen) atoms. The van der Waals surface area contributed by atoms with Crippen molar-refractivity contribution in [2.24, 2.45) is 5.73 Å². The van der Waals surface area contributed by atoms with E-state index in [4.69, 9.17) is 10.5 Å². The molecule has 0 spiro atoms. The zero-order valence-corrected chi connectivity index (χ0v) is 9.38. The van der Waals surface area contributed by atoms with E-state index in [0.29, 0.717) is 13.2 Å². The van der Waals surface area contributed by atoms with Gasteiger partial charge in [-0.05, 0) is 20.3 Å². The number of ether oxygens (including phenoxy) is 1. The molecular formula is C10H22N2O2. The number of hydrogen-bond acceptors (Lipinski definition) is 3. The lowest BCUT2D eigenvalue weighted by Gasteiger charge is -2.12. The van der Waals surface area contributed by atoms with E-state index in [2.05, 4.69) is 5.32 Å². The van der Waals surface area contributed by atoms with Crippen molar-refractivity contribution < 1.29 is 9.53 Å². The summed E-state index contributed by atoms with van der Waals surface area (Å²) in [5.41, 5.74) is 5.62. The van der Waals surface area contributed by atoms with Crippen LogP contribution in [0.3, 0.4) is 0 Å². The van der Waals surface area contributed by atoms with E-state index in [1.54, 1.807) is 0 Å². The Kier molecular flexibility index (Phi) is 7.42. The second kappa shape index (κ2) is 7.76. The second-order valence-corrected chi connectivity index (χ2v) is 3.61. The Hall–Kier alpha value is -0.610. The fraction of sp³-hybridized carbons (Fsp3) is 0.900. The molecule has 0 fully saturated rings. The van der Waals surface area contributed by atoms with Crippen molar-refractivity contribution in [2.45, 2.75) is 45.8 Å². The van der Waals surface area contributed by atoms with Crippen LogP contribution in [0.25, 0.3) is 0 Å². The number of amides is 1. The van der Waals surface area contributed by atoms with E-state index in [0.717, 1.165) is 12.8 Å². The van der Waals surface area contributed by atoms with Gasteiger partial charge in [0.25, 0.3) is 0 Å². The average Bonchev–Trinajstić information content (AvgIpc) is 2.12. The highest BCUT2D eigenvalue weighted by atomic mass is 16.5. The van der Waals surface area contributed by atoms with Crippen molar-refractivity contribution in [3.63, 3.8) is 0 Å². The molecule has 0 aromatic carbocycles. The summed E-state index contributed by atoms with van der Waals surface area (Å²) < 4.78 is 5.28. The van der Waals surface area contributed by atoms with Crippen molar-refractivity contribution in [3.8, 4) is 0 Å². The van der Waals surface area contributed by atoms with E-state index >= 15 is 0 Å². The summed E-state index contributed by atoms with van der Waals surface area (Å²) in [6.07, 6.45) is 1.87. The first kappa shape index (κ1) is 13.4. The highest BCUT2D eigenvalue weighted by Gasteiger charge is 2.10. The van der Waals surface area contributed by atoms with Crippen LogP contribution in [0.4, 0.5) is 0 Å². The molecular weight excluding hydrogens is 180 g/mol. The van der Waals surface area contributed by atoms with Gasteiger partial charge in [0.05, 0.1) is 18.8 Å². The standard InChI is InChI=1S/C10H22N2O2/c1-4-5-9(11)10(13)12-6-7-14-8(2)3/h8-9H,4-7,11H2,1-3H3,(H,12,13). The van der Waals surface area contributed by atoms with Gasteiger partial charge in [-0.2, -0.15) is 0 Å². The summed E-state index contributed by atoms with van der Waals surface area (Å²) in [5.74, 6) is -0.0841. The van der Waals surface area contributed by atoms with Crippen LogP contribution in [0.1, 0.15) is 33.6 Å². The molecule has 0 aromatic rings. The summed E-state index contributed by atoms with van der Waals surface area (Å²) in [6, 6.07) is -0.376. The topological polar surface area (TPSA) is 64.4 Å². The van der Waals surface area contributed by atoms with E-state index < -0.39 is 0 Å². The molecule has 0 bridgehead atoms. The molecule has 0 heterocycles. The molecule has 84 valence electrons. The zero-order valence-electron chi connectivity index (χ0n) is 9.38. The van der Waals surface area contributed by atoms with Crippen LogP contribution in [0, 0.1) is 0 Å². The molecule has 4 heteroatoms. The van der Waals surface area contributed by atoms with Gasteiger partial charge in [0.15, 0.2) is 0 Å². The minimum Gasteiger partial charge on any atom is -0.377 e. The maximum atomic E-state index is 11.3. The predicted molar refractivity (Wildman–Crippen MR) is 57.0 cm³/mol. The van der Waals surface area contributed by atoms with Gasteiger partial charge in [-0.15, -0.1) is 0 Å². The Morgan fingerprint density at radius 1 is 1.50 bits per heavy atom. The molecule has 1 amide bonds. The van der Waals surface area contributed by atoms with Gasteiger partial charge >= 0.3 is 0 Å². The third-order valence-electron chi connectivity index (χ3n) is 1.79. The monoisotopic (exact) mass is 202 g/mol. The van der Waals surface area contributed by atoms with Crippen LogP contribution < -0.4 is 11.1 Å². The molecule has 0 saturated carbocycles. The van der Waals surface area contributed by atoms with Crippen LogP contribution in [0.5, 0.6) is 0 Å². The smallest absolute Gasteiger partial charge is 0.236 e. The average molecular weight is 202 g/mol. The van der Waals surface area contributed by atoms with E-state index in [-0.39, 0.29) is 18.1 Å². The number of nitrogens with two attached hydrogens (primary N) is 1. The molecule has 0 aliphatic carbocycles. The Balaban J connectivity index is 3.44. The molecule has 0 aliphatic heterocycles. The molecule has 4 nitrogen and oxygen atoms in total. The third kappa shape index (κ3) is 6.86. The number of carbonyl (C=O) groups is 1. The molecule has 0 aromatic heterocycles. The van der Waals surface area contributed by atoms with Gasteiger partial charge in [0.2, 0.25) is 5.91 Å². The van der Waals surface area contributed by atoms with E-state index in [1.807, 2.05) is 20.8 Å². The van der Waals surface area contributed by atoms with Crippen molar-refractivity contribution in [1.82, 2.24) is 5.32 Å². The fourth-order valence-corrected chi connectivity index (χ4v) is 1.04. The van der Waals surface area contributed by atoms with Crippen molar-refractivity contribution in [1.29, 1.82) is 0 Å². The van der Waals surface area contributed by atoms with Gasteiger partial charge in [-0.25, -0.2) is 0 Å². The summed E-state index contributed by atoms with van der Waals surface area (Å²) >= 11 is 0. The van der Waals surface area contributed by atoms with Crippen LogP contribution in [-0.4, -0.2) is 31.2 Å². The Labute approximate surface area is 86.2 Å². The number of carbonyl (C=O) groups excluding carboxylic acids is 1. The fourth-order valence-electron chi connectivity index (χ4n) is 1.04. The maximum absolute atomic E-state index is 11.3. The number of rotatable bonds is 7. The van der Waals surface area contributed by atoms with Crippen LogP contribution in [-0.2, 0) is 9.53 Å². The molecule has 3 N–H and O–H groups in total. The summed E-state index contributed by atoms with van der Waals surface area (Å²) in [6.45, 7) is 7.01. The minimum atomic E-state index is -0.376. The summed E-state index contributed by atoms with van der Waals surface area (Å²) in [5, 5.41) is 2.73. The second-order valence-electron chi connectivity index (χ2n) is 3.61. The highest BCUT2D eigenvalue weighted by Crippen LogP contribution is 1.92. The van der Waals surface area contributed by atoms with Crippen LogP contribution in [0.15, 0.2) is 0 Å². The Morgan fingerprint density at radius 3 is 2.64 bits per heavy atom. The quantitative estimate of drug-likeness (QED) is 0.596. The zero-order chi connectivity index (χ0) is 11.0. The van der Waals surface area contributed by atoms with Gasteiger partial charge in [0.1, 0.15) is 0 Å². The third-order valence-corrected chi connectivity index (χ3v) is 1.79. The number of hydrogen-bond donors (Lipinski definition) is 2. The first-order chi connectivity index (χ1) is 6.57. The van der Waals surface area contributed by atoms with Gasteiger partial charge in [0, 0.05) is 6.54 Å². The maximum Gasteiger partial charge on any atom is 0.236 e. The predicted octanol–water partition coefficient (Wildman–Crippen LogP) is 0.655. The van der Waals surface area contributed by atoms with E-state index in [1.165, 1.54) is 0 Å². The van der Waals surface area contributed by atoms with E-state index in [9.17, 15) is 4.79 Å². The molecule has 0 aliphatic rings. The van der Waals surface area contributed by atoms with Crippen molar-refractivity contribution in [2.75, 3.05) is 13.2 Å². The first-order valence-corrected chi connectivity index (χ1v) is 5.22. The lowest BCUT2D eigenvalue weighted by molar-refractivity contribution is -0.122. The van der Waals surface area contributed by atoms with Gasteiger partial charge in [-0.3, -0.25) is 4.79 Å². The molecule has 0 rings (SSSR count). The summed E-state index contributed by atoms with van der Waals surface area (Å²) in [4.78, 5) is 11.3. The lowest BCUT2D eigenvalue weighted by Crippen LogP contribution is -2.41. The molecule has 0 saturated heterocycles. The van der Waals surface area contributed by atoms with Gasteiger partial charge < -0.3 is 15.8 Å². The Bertz CT molecular complexity index is 160. The van der Waals surface area contributed by atoms with Gasteiger partial charge in [-0.1, -0.05) is 13.3 Å². The summed E-state index contributed by atoms with van der Waals surface area (Å²) in [7, 11) is 0. The molecule has 1 atom stereocenters. The normalized spacial score (nSPS) is 12.9. The van der Waals surface area contributed by atoms with Crippen LogP contribution >= 0.6 is 0 Å². The van der Waals surface area contributed by atoms with Crippen molar-refractivity contribution in [3.05, 3.63) is 0 Å². The minimum absolute atomic E-state index is 0.0841. The van der Waals surface area contributed by atoms with Crippen molar-refractivity contribution >= 4 is 5.91 Å². The Morgan fingerprint density at radius 2 is 2.14 bits per heavy atom. The lowest BCUT2D eigenvalue weighted by atomic mass is 10.2. The molecule has 0 radical (unpaired) electrons. The SMILES string of the molecule is CCCC(N)C(=O)NCCOC(C)C. The highest BCUT2D eigenvalue weighted by molar-refractivity contribution is 5.81. The largest absolute Gasteiger partial charge is 0.377 e. The number of nitrogens with one attached hydrogen (secondary N) is 1. The van der Waals surface area contributed by atoms with Crippen LogP contribution in [0.2, 0.25) is 0 Å².